The summed E-state index contributed by atoms with van der Waals surface area (Å²) in [4.78, 5) is 9.42. The van der Waals surface area contributed by atoms with Crippen LogP contribution in [-0.2, 0) is 32.9 Å². The van der Waals surface area contributed by atoms with E-state index in [0.29, 0.717) is 5.92 Å². The molecule has 0 aliphatic heterocycles. The van der Waals surface area contributed by atoms with Crippen molar-refractivity contribution in [2.24, 2.45) is 11.3 Å². The Morgan fingerprint density at radius 3 is 2.17 bits per heavy atom. The van der Waals surface area contributed by atoms with Crippen LogP contribution in [0.3, 0.4) is 0 Å². The van der Waals surface area contributed by atoms with E-state index in [-0.39, 0.29) is 31.3 Å². The van der Waals surface area contributed by atoms with E-state index in [2.05, 4.69) is 169 Å². The summed E-state index contributed by atoms with van der Waals surface area (Å²) < 4.78 is 19.9. The van der Waals surface area contributed by atoms with Crippen molar-refractivity contribution >= 4 is 35.2 Å². The van der Waals surface area contributed by atoms with Crippen LogP contribution in [0.1, 0.15) is 93.5 Å². The average molecular weight is 1040 g/mol. The van der Waals surface area contributed by atoms with Gasteiger partial charge in [-0.1, -0.05) is 169 Å². The zero-order valence-corrected chi connectivity index (χ0v) is 42.1. The molecule has 0 spiro atoms. The fourth-order valence-corrected chi connectivity index (χ4v) is 10.7. The second-order valence-electron chi connectivity index (χ2n) is 19.9. The van der Waals surface area contributed by atoms with Crippen LogP contribution in [-0.4, -0.2) is 18.0 Å². The monoisotopic (exact) mass is 1040 g/mol. The Morgan fingerprint density at radius 1 is 0.734 bits per heavy atom. The van der Waals surface area contributed by atoms with Gasteiger partial charge in [-0.15, -0.1) is 53.6 Å². The molecule has 1 aliphatic rings. The van der Waals surface area contributed by atoms with E-state index < -0.39 is 8.07 Å². The van der Waals surface area contributed by atoms with Crippen LogP contribution in [0.4, 0.5) is 4.39 Å². The van der Waals surface area contributed by atoms with Crippen molar-refractivity contribution in [1.29, 1.82) is 0 Å². The van der Waals surface area contributed by atoms with Gasteiger partial charge in [-0.25, -0.2) is 4.39 Å². The van der Waals surface area contributed by atoms with Crippen LogP contribution < -0.4 is 5.19 Å². The molecule has 64 heavy (non-hydrogen) atoms. The number of rotatable bonds is 9. The maximum Gasteiger partial charge on any atom is 0.121 e. The normalized spacial score (nSPS) is 13.9. The topological polar surface area (TPSA) is 38.9 Å². The molecule has 1 atom stereocenters. The summed E-state index contributed by atoms with van der Waals surface area (Å²) in [5.74, 6) is 0.983. The molecule has 1 radical (unpaired) electrons. The Kier molecular flexibility index (Phi) is 14.7. The summed E-state index contributed by atoms with van der Waals surface area (Å²) in [7, 11) is -1.44. The van der Waals surface area contributed by atoms with Crippen LogP contribution in [0.25, 0.3) is 55.6 Å². The first-order valence-electron chi connectivity index (χ1n) is 22.8. The molecular weight excluding hydrogens is 980 g/mol. The summed E-state index contributed by atoms with van der Waals surface area (Å²) in [6.45, 7) is 18.5. The van der Waals surface area contributed by atoms with Gasteiger partial charge in [-0.3, -0.25) is 0 Å². The first kappa shape index (κ1) is 47.0. The molecule has 1 fully saturated rings. The van der Waals surface area contributed by atoms with Gasteiger partial charge in [-0.05, 0) is 93.0 Å². The molecule has 0 saturated heterocycles. The number of nitrogens with zero attached hydrogens (tertiary/aromatic N) is 2. The van der Waals surface area contributed by atoms with E-state index >= 15 is 0 Å². The molecule has 1 aliphatic carbocycles. The van der Waals surface area contributed by atoms with E-state index in [1.54, 1.807) is 6.07 Å². The minimum Gasteiger partial charge on any atom is -0.500 e. The van der Waals surface area contributed by atoms with Crippen LogP contribution in [0.2, 0.25) is 19.6 Å². The number of aromatic nitrogens is 2. The standard InChI is InChI=1S/C37H34NO.C21H27FNSi.Ir/c1-24-23-38-34(22-32(24)25(2)37(3,4)5)30-15-17-35-33(20-30)31-16-14-29(21-36(31)39-35)28-13-9-12-27(19-28)18-26-10-7-6-8-11-26;1-24(2,3)21-15-23-20(17-10-7-11-19(22)13-17)14-18(21)12-16-8-5-4-6-9-16;/h6-14,16-17,19-23,25H,18H2,1-5H3;7,11,13-16H,4-6,8-9,12H2,1-3H3;/q2*-1;. The number of aryl methyl sites for hydroxylation is 1. The molecule has 3 aromatic heterocycles. The summed E-state index contributed by atoms with van der Waals surface area (Å²) in [5, 5.41) is 3.66. The number of fused-ring (bicyclic) bond motifs is 3. The molecule has 3 nitrogen and oxygen atoms in total. The van der Waals surface area contributed by atoms with Gasteiger partial charge in [0.25, 0.3) is 0 Å². The zero-order valence-electron chi connectivity index (χ0n) is 38.7. The van der Waals surface area contributed by atoms with E-state index in [1.165, 1.54) is 82.8 Å². The van der Waals surface area contributed by atoms with Crippen LogP contribution in [0.15, 0.2) is 132 Å². The Balaban J connectivity index is 0.000000211. The van der Waals surface area contributed by atoms with Gasteiger partial charge < -0.3 is 14.4 Å². The number of pyridine rings is 2. The van der Waals surface area contributed by atoms with Gasteiger partial charge in [0, 0.05) is 43.7 Å². The third-order valence-corrected chi connectivity index (χ3v) is 15.2. The Labute approximate surface area is 395 Å². The molecular formula is C58H61FIrN2OSi-2. The van der Waals surface area contributed by atoms with E-state index in [9.17, 15) is 4.39 Å². The third kappa shape index (κ3) is 11.1. The van der Waals surface area contributed by atoms with Gasteiger partial charge in [0.2, 0.25) is 0 Å². The Morgan fingerprint density at radius 2 is 1.44 bits per heavy atom. The molecule has 9 rings (SSSR count). The Bertz CT molecular complexity index is 2850. The Hall–Kier alpha value is -5.00. The summed E-state index contributed by atoms with van der Waals surface area (Å²) in [6.07, 6.45) is 12.9. The maximum absolute atomic E-state index is 13.6. The van der Waals surface area contributed by atoms with E-state index in [1.807, 2.05) is 12.3 Å². The molecule has 0 amide bonds. The van der Waals surface area contributed by atoms with Crippen LogP contribution in [0, 0.1) is 36.2 Å². The van der Waals surface area contributed by atoms with Crippen molar-refractivity contribution < 1.29 is 28.9 Å². The molecule has 3 heterocycles. The van der Waals surface area contributed by atoms with Gasteiger partial charge in [0.05, 0.1) is 13.7 Å². The SMILES string of the molecule is C[Si](C)(C)c1cnc(-c2[c-]ccc(F)c2)cc1CC1CCCCC1.Cc1cnc(-c2[c-]cc3oc4cc(-c5cccc(Cc6ccccc6)c5)ccc4c3c2)cc1C(C)C(C)(C)C.[Ir]. The number of hydrogen-bond acceptors (Lipinski definition) is 3. The molecule has 8 aromatic rings. The second-order valence-corrected chi connectivity index (χ2v) is 25.0. The average Bonchev–Trinajstić information content (AvgIpc) is 3.64. The second kappa shape index (κ2) is 20.0. The zero-order chi connectivity index (χ0) is 44.3. The molecule has 1 saturated carbocycles. The fourth-order valence-electron chi connectivity index (χ4n) is 9.14. The minimum absolute atomic E-state index is 0. The van der Waals surface area contributed by atoms with Crippen LogP contribution >= 0.6 is 0 Å². The van der Waals surface area contributed by atoms with Crippen molar-refractivity contribution in [3.63, 3.8) is 0 Å². The van der Waals surface area contributed by atoms with Crippen molar-refractivity contribution in [3.05, 3.63) is 173 Å². The molecule has 5 aromatic carbocycles. The van der Waals surface area contributed by atoms with Crippen LogP contribution in [0.5, 0.6) is 0 Å². The molecule has 0 N–H and O–H groups in total. The van der Waals surface area contributed by atoms with Gasteiger partial charge >= 0.3 is 0 Å². The fraction of sp³-hybridized carbons (Fsp3) is 0.310. The minimum atomic E-state index is -1.44. The predicted molar refractivity (Wildman–Crippen MR) is 265 cm³/mol. The van der Waals surface area contributed by atoms with Crippen molar-refractivity contribution in [1.82, 2.24) is 9.97 Å². The summed E-state index contributed by atoms with van der Waals surface area (Å²) in [6, 6.07) is 45.7. The molecule has 331 valence electrons. The van der Waals surface area contributed by atoms with Gasteiger partial charge in [0.15, 0.2) is 0 Å². The first-order valence-corrected chi connectivity index (χ1v) is 26.3. The number of hydrogen-bond donors (Lipinski definition) is 0. The number of furan rings is 1. The maximum atomic E-state index is 13.6. The van der Waals surface area contributed by atoms with Crippen molar-refractivity contribution in [3.8, 4) is 33.6 Å². The molecule has 1 unspecified atom stereocenters. The quantitative estimate of drug-likeness (QED) is 0.107. The van der Waals surface area contributed by atoms with Gasteiger partial charge in [0.1, 0.15) is 5.58 Å². The van der Waals surface area contributed by atoms with Crippen molar-refractivity contribution in [2.75, 3.05) is 0 Å². The predicted octanol–water partition coefficient (Wildman–Crippen LogP) is 15.5. The molecule has 0 bridgehead atoms. The third-order valence-electron chi connectivity index (χ3n) is 13.2. The van der Waals surface area contributed by atoms with Crippen molar-refractivity contribution in [2.45, 2.75) is 105 Å². The van der Waals surface area contributed by atoms with E-state index in [0.717, 1.165) is 68.8 Å². The number of benzene rings is 5. The largest absolute Gasteiger partial charge is 0.500 e. The van der Waals surface area contributed by atoms with Gasteiger partial charge in [-0.2, -0.15) is 0 Å². The number of halogens is 1. The summed E-state index contributed by atoms with van der Waals surface area (Å²) >= 11 is 0. The van der Waals surface area contributed by atoms with E-state index in [4.69, 9.17) is 9.40 Å². The first-order chi connectivity index (χ1) is 30.2. The summed E-state index contributed by atoms with van der Waals surface area (Å²) in [5.41, 5.74) is 14.4. The molecule has 6 heteroatoms. The smallest absolute Gasteiger partial charge is 0.121 e.